The fraction of sp³-hybridized carbons (Fsp3) is 0.186. The molecule has 0 spiro atoms. The van der Waals surface area contributed by atoms with Crippen LogP contribution in [0.1, 0.15) is 47.1 Å². The second-order valence-corrected chi connectivity index (χ2v) is 12.2. The van der Waals surface area contributed by atoms with E-state index >= 15 is 0 Å². The average molecular weight is 682 g/mol. The van der Waals surface area contributed by atoms with Gasteiger partial charge in [-0.3, -0.25) is 9.59 Å². The molecule has 0 aliphatic heterocycles. The molecule has 0 aromatic heterocycles. The van der Waals surface area contributed by atoms with Gasteiger partial charge >= 0.3 is 5.97 Å². The predicted molar refractivity (Wildman–Crippen MR) is 201 cm³/mol. The molecule has 0 unspecified atom stereocenters. The summed E-state index contributed by atoms with van der Waals surface area (Å²) in [5.74, 6) is -1.35. The van der Waals surface area contributed by atoms with Crippen molar-refractivity contribution in [1.82, 2.24) is 10.6 Å². The molecule has 5 N–H and O–H groups in total. The van der Waals surface area contributed by atoms with Crippen molar-refractivity contribution in [2.75, 3.05) is 13.2 Å². The van der Waals surface area contributed by atoms with Gasteiger partial charge in [0.25, 0.3) is 5.91 Å². The van der Waals surface area contributed by atoms with E-state index in [-0.39, 0.29) is 18.9 Å². The van der Waals surface area contributed by atoms with Crippen molar-refractivity contribution in [2.45, 2.75) is 37.8 Å². The van der Waals surface area contributed by atoms with E-state index in [2.05, 4.69) is 47.0 Å². The number of nitrogens with two attached hydrogens (primary N) is 1. The van der Waals surface area contributed by atoms with Gasteiger partial charge in [0.15, 0.2) is 6.61 Å². The van der Waals surface area contributed by atoms with Crippen LogP contribution in [0, 0.1) is 0 Å². The molecule has 260 valence electrons. The van der Waals surface area contributed by atoms with Gasteiger partial charge < -0.3 is 26.2 Å². The third-order valence-electron chi connectivity index (χ3n) is 8.44. The van der Waals surface area contributed by atoms with Gasteiger partial charge in [-0.25, -0.2) is 4.79 Å². The lowest BCUT2D eigenvalue weighted by molar-refractivity contribution is -0.142. The monoisotopic (exact) mass is 681 g/mol. The number of carbonyl (C=O) groups excluding carboxylic acids is 2. The van der Waals surface area contributed by atoms with Crippen LogP contribution in [0.25, 0.3) is 11.1 Å². The van der Waals surface area contributed by atoms with Crippen LogP contribution in [0.2, 0.25) is 0 Å². The molecular weight excluding hydrogens is 638 g/mol. The number of carbonyl (C=O) groups is 3. The number of hydrogen-bond acceptors (Lipinski definition) is 5. The highest BCUT2D eigenvalue weighted by molar-refractivity contribution is 6.04. The Labute approximate surface area is 299 Å². The van der Waals surface area contributed by atoms with Crippen LogP contribution in [0.3, 0.4) is 0 Å². The fourth-order valence-corrected chi connectivity index (χ4v) is 5.84. The zero-order chi connectivity index (χ0) is 35.8. The van der Waals surface area contributed by atoms with E-state index in [1.165, 1.54) is 0 Å². The molecule has 0 heterocycles. The Morgan fingerprint density at radius 1 is 0.627 bits per heavy atom. The average Bonchev–Trinajstić information content (AvgIpc) is 3.17. The number of rotatable bonds is 17. The van der Waals surface area contributed by atoms with Gasteiger partial charge in [0.05, 0.1) is 6.04 Å². The predicted octanol–water partition coefficient (Wildman–Crippen LogP) is 6.50. The minimum Gasteiger partial charge on any atom is -0.484 e. The molecule has 0 bridgehead atoms. The van der Waals surface area contributed by atoms with Crippen molar-refractivity contribution in [1.29, 1.82) is 0 Å². The Bertz CT molecular complexity index is 1840. The molecule has 5 aromatic carbocycles. The largest absolute Gasteiger partial charge is 0.484 e. The summed E-state index contributed by atoms with van der Waals surface area (Å²) in [5.41, 5.74) is 13.4. The molecule has 2 amide bonds. The summed E-state index contributed by atoms with van der Waals surface area (Å²) >= 11 is 0. The van der Waals surface area contributed by atoms with Crippen molar-refractivity contribution in [3.05, 3.63) is 173 Å². The van der Waals surface area contributed by atoms with E-state index in [1.54, 1.807) is 0 Å². The Morgan fingerprint density at radius 3 is 1.59 bits per heavy atom. The summed E-state index contributed by atoms with van der Waals surface area (Å²) < 4.78 is 5.81. The lowest BCUT2D eigenvalue weighted by Crippen LogP contribution is -2.49. The normalized spacial score (nSPS) is 11.9. The van der Waals surface area contributed by atoms with Gasteiger partial charge in [0.1, 0.15) is 11.8 Å². The number of ether oxygens (including phenoxy) is 1. The summed E-state index contributed by atoms with van der Waals surface area (Å²) in [4.78, 5) is 36.8. The molecule has 8 heteroatoms. The summed E-state index contributed by atoms with van der Waals surface area (Å²) in [6.45, 7) is 0.190. The second-order valence-electron chi connectivity index (χ2n) is 12.2. The molecule has 0 saturated carbocycles. The lowest BCUT2D eigenvalue weighted by Gasteiger charge is -2.18. The van der Waals surface area contributed by atoms with E-state index in [4.69, 9.17) is 10.5 Å². The van der Waals surface area contributed by atoms with E-state index in [9.17, 15) is 19.5 Å². The fourth-order valence-electron chi connectivity index (χ4n) is 5.84. The van der Waals surface area contributed by atoms with Crippen LogP contribution < -0.4 is 21.1 Å². The van der Waals surface area contributed by atoms with E-state index in [0.717, 1.165) is 39.0 Å². The summed E-state index contributed by atoms with van der Waals surface area (Å²) in [5, 5.41) is 15.0. The summed E-state index contributed by atoms with van der Waals surface area (Å²) in [7, 11) is 0. The third-order valence-corrected chi connectivity index (χ3v) is 8.44. The number of nitrogens with one attached hydrogen (secondary N) is 2. The molecule has 0 fully saturated rings. The zero-order valence-electron chi connectivity index (χ0n) is 28.4. The maximum absolute atomic E-state index is 12.5. The number of carboxylic acid groups (broad SMARTS) is 1. The van der Waals surface area contributed by atoms with Gasteiger partial charge in [-0.15, -0.1) is 0 Å². The minimum atomic E-state index is -1.12. The summed E-state index contributed by atoms with van der Waals surface area (Å²) in [6.07, 6.45) is 1.55. The van der Waals surface area contributed by atoms with Crippen LogP contribution in [-0.4, -0.2) is 48.1 Å². The van der Waals surface area contributed by atoms with Crippen molar-refractivity contribution in [2.24, 2.45) is 5.73 Å². The van der Waals surface area contributed by atoms with E-state index in [0.29, 0.717) is 31.6 Å². The van der Waals surface area contributed by atoms with Gasteiger partial charge in [0, 0.05) is 6.54 Å². The maximum Gasteiger partial charge on any atom is 0.326 e. The van der Waals surface area contributed by atoms with Crippen LogP contribution in [0.5, 0.6) is 5.75 Å². The van der Waals surface area contributed by atoms with Crippen molar-refractivity contribution in [3.63, 3.8) is 0 Å². The van der Waals surface area contributed by atoms with Crippen LogP contribution >= 0.6 is 0 Å². The molecule has 8 nitrogen and oxygen atoms in total. The van der Waals surface area contributed by atoms with E-state index in [1.807, 2.05) is 109 Å². The smallest absolute Gasteiger partial charge is 0.326 e. The van der Waals surface area contributed by atoms with Gasteiger partial charge in [0.2, 0.25) is 5.91 Å². The van der Waals surface area contributed by atoms with Crippen LogP contribution in [0.4, 0.5) is 0 Å². The Kier molecular flexibility index (Phi) is 13.3. The van der Waals surface area contributed by atoms with Gasteiger partial charge in [-0.05, 0) is 76.8 Å². The van der Waals surface area contributed by atoms with Crippen molar-refractivity contribution >= 4 is 28.9 Å². The molecule has 0 saturated heterocycles. The molecule has 0 radical (unpaired) electrons. The first-order valence-electron chi connectivity index (χ1n) is 17.1. The molecule has 2 atom stereocenters. The highest BCUT2D eigenvalue weighted by Crippen LogP contribution is 2.37. The molecule has 5 aromatic rings. The first-order chi connectivity index (χ1) is 24.9. The van der Waals surface area contributed by atoms with Crippen molar-refractivity contribution < 1.29 is 24.2 Å². The number of unbranched alkanes of at least 4 members (excludes halogenated alkanes) is 1. The second kappa shape index (κ2) is 18.7. The Balaban J connectivity index is 1.14. The number of aliphatic carboxylic acids is 1. The number of benzene rings is 5. The molecule has 0 aliphatic rings. The topological polar surface area (TPSA) is 131 Å². The first-order valence-corrected chi connectivity index (χ1v) is 17.1. The molecular formula is C43H43N3O5. The maximum atomic E-state index is 12.5. The van der Waals surface area contributed by atoms with Crippen LogP contribution in [-0.2, 0) is 20.8 Å². The van der Waals surface area contributed by atoms with Crippen LogP contribution in [0.15, 0.2) is 146 Å². The zero-order valence-corrected chi connectivity index (χ0v) is 28.4. The van der Waals surface area contributed by atoms with Gasteiger partial charge in [-0.1, -0.05) is 133 Å². The summed E-state index contributed by atoms with van der Waals surface area (Å²) in [6, 6.07) is 46.1. The number of hydrogen-bond donors (Lipinski definition) is 4. The quantitative estimate of drug-likeness (QED) is 0.0655. The highest BCUT2D eigenvalue weighted by Gasteiger charge is 2.23. The lowest BCUT2D eigenvalue weighted by atomic mass is 9.86. The first kappa shape index (κ1) is 36.3. The molecule has 5 rings (SSSR count). The third kappa shape index (κ3) is 10.7. The Morgan fingerprint density at radius 2 is 1.10 bits per heavy atom. The molecule has 0 aliphatic carbocycles. The minimum absolute atomic E-state index is 0.160. The Hall–Kier alpha value is -5.99. The molecule has 51 heavy (non-hydrogen) atoms. The SMILES string of the molecule is N[C@H](Cc1ccccc1)C(=O)N[C@H](CCCCNC(=O)COc1ccc(C(=C(c2ccccc2)c2ccccc2)c2ccccc2)cc1)C(=O)O. The standard InChI is InChI=1S/C43H43N3O5/c44-37(29-31-15-5-1-6-16-31)42(48)46-38(43(49)50)23-13-14-28-45-39(47)30-51-36-26-24-35(25-27-36)41(34-21-11-4-12-22-34)40(32-17-7-2-8-18-32)33-19-9-3-10-20-33/h1-12,15-22,24-27,37-38H,13-14,23,28-30,44H2,(H,45,47)(H,46,48)(H,49,50)/t37-,38-/m1/s1. The van der Waals surface area contributed by atoms with Crippen molar-refractivity contribution in [3.8, 4) is 5.75 Å². The van der Waals surface area contributed by atoms with E-state index < -0.39 is 24.0 Å². The number of amides is 2. The number of carboxylic acids is 1. The van der Waals surface area contributed by atoms with Gasteiger partial charge in [-0.2, -0.15) is 0 Å². The highest BCUT2D eigenvalue weighted by atomic mass is 16.5.